The minimum Gasteiger partial charge on any atom is -0.494 e. The van der Waals surface area contributed by atoms with Crippen molar-refractivity contribution in [2.45, 2.75) is 33.6 Å². The number of hydrogen-bond acceptors (Lipinski definition) is 5. The van der Waals surface area contributed by atoms with E-state index in [2.05, 4.69) is 23.9 Å². The van der Waals surface area contributed by atoms with Crippen LogP contribution >= 0.6 is 0 Å². The van der Waals surface area contributed by atoms with Crippen LogP contribution < -0.4 is 10.1 Å². The summed E-state index contributed by atoms with van der Waals surface area (Å²) in [6.07, 6.45) is 1.62. The number of carbonyl (C=O) groups is 3. The van der Waals surface area contributed by atoms with E-state index in [1.165, 1.54) is 7.11 Å². The fraction of sp³-hybridized carbons (Fsp3) is 0.421. The van der Waals surface area contributed by atoms with Crippen LogP contribution in [0.15, 0.2) is 17.8 Å². The van der Waals surface area contributed by atoms with Crippen LogP contribution in [0.5, 0.6) is 5.75 Å². The third kappa shape index (κ3) is 4.04. The number of ether oxygens (including phenoxy) is 2. The number of urea groups is 1. The number of amides is 3. The second-order valence-corrected chi connectivity index (χ2v) is 6.29. The van der Waals surface area contributed by atoms with Gasteiger partial charge in [0, 0.05) is 0 Å². The van der Waals surface area contributed by atoms with E-state index in [1.807, 2.05) is 26.0 Å². The molecule has 1 fully saturated rings. The number of methoxy groups -OCH3 is 1. The molecule has 7 nitrogen and oxygen atoms in total. The average molecular weight is 360 g/mol. The molecule has 0 aliphatic carbocycles. The van der Waals surface area contributed by atoms with Gasteiger partial charge >= 0.3 is 12.0 Å². The van der Waals surface area contributed by atoms with Gasteiger partial charge in [-0.3, -0.25) is 9.59 Å². The molecule has 2 rings (SSSR count). The van der Waals surface area contributed by atoms with Crippen molar-refractivity contribution < 1.29 is 23.9 Å². The SMILES string of the molecule is CCOc1cc(C)c(/C=C2/NC(=O)N(CC(=O)OC)C2=O)cc1C(C)C. The van der Waals surface area contributed by atoms with E-state index in [9.17, 15) is 14.4 Å². The molecule has 0 unspecified atom stereocenters. The molecular weight excluding hydrogens is 336 g/mol. The third-order valence-electron chi connectivity index (χ3n) is 4.10. The minimum absolute atomic E-state index is 0.126. The molecule has 1 heterocycles. The zero-order chi connectivity index (χ0) is 19.4. The maximum atomic E-state index is 12.4. The highest BCUT2D eigenvalue weighted by Gasteiger charge is 2.35. The van der Waals surface area contributed by atoms with Crippen LogP contribution in [0, 0.1) is 6.92 Å². The Labute approximate surface area is 153 Å². The summed E-state index contributed by atoms with van der Waals surface area (Å²) in [5.74, 6) is -0.163. The molecule has 0 spiro atoms. The van der Waals surface area contributed by atoms with E-state index in [1.54, 1.807) is 6.08 Å². The van der Waals surface area contributed by atoms with E-state index in [0.717, 1.165) is 27.3 Å². The van der Waals surface area contributed by atoms with Gasteiger partial charge in [-0.1, -0.05) is 13.8 Å². The zero-order valence-electron chi connectivity index (χ0n) is 15.7. The highest BCUT2D eigenvalue weighted by molar-refractivity contribution is 6.15. The fourth-order valence-electron chi connectivity index (χ4n) is 2.67. The van der Waals surface area contributed by atoms with Gasteiger partial charge in [0.2, 0.25) is 0 Å². The van der Waals surface area contributed by atoms with E-state index >= 15 is 0 Å². The van der Waals surface area contributed by atoms with E-state index in [0.29, 0.717) is 6.61 Å². The number of imide groups is 1. The Balaban J connectivity index is 2.37. The summed E-state index contributed by atoms with van der Waals surface area (Å²) in [6, 6.07) is 3.25. The summed E-state index contributed by atoms with van der Waals surface area (Å²) in [6.45, 7) is 8.11. The van der Waals surface area contributed by atoms with Gasteiger partial charge in [0.15, 0.2) is 0 Å². The van der Waals surface area contributed by atoms with E-state index < -0.39 is 24.5 Å². The molecule has 26 heavy (non-hydrogen) atoms. The number of hydrogen-bond donors (Lipinski definition) is 1. The van der Waals surface area contributed by atoms with Crippen LogP contribution in [0.3, 0.4) is 0 Å². The van der Waals surface area contributed by atoms with E-state index in [-0.39, 0.29) is 11.6 Å². The van der Waals surface area contributed by atoms with Crippen molar-refractivity contribution in [2.24, 2.45) is 0 Å². The highest BCUT2D eigenvalue weighted by Crippen LogP contribution is 2.31. The van der Waals surface area contributed by atoms with Gasteiger partial charge in [0.1, 0.15) is 18.0 Å². The first-order chi connectivity index (χ1) is 12.3. The molecule has 1 aliphatic heterocycles. The van der Waals surface area contributed by atoms with Crippen molar-refractivity contribution >= 4 is 24.0 Å². The molecule has 1 N–H and O–H groups in total. The number of rotatable bonds is 6. The molecule has 1 saturated heterocycles. The average Bonchev–Trinajstić information content (AvgIpc) is 2.84. The summed E-state index contributed by atoms with van der Waals surface area (Å²) >= 11 is 0. The molecule has 0 aromatic heterocycles. The Bertz CT molecular complexity index is 767. The Kier molecular flexibility index (Phi) is 6.02. The second-order valence-electron chi connectivity index (χ2n) is 6.29. The largest absolute Gasteiger partial charge is 0.494 e. The number of carbonyl (C=O) groups excluding carboxylic acids is 3. The van der Waals surface area contributed by atoms with E-state index in [4.69, 9.17) is 4.74 Å². The Morgan fingerprint density at radius 2 is 2.00 bits per heavy atom. The van der Waals surface area contributed by atoms with Crippen molar-refractivity contribution in [1.29, 1.82) is 0 Å². The molecule has 1 aromatic rings. The number of nitrogens with zero attached hydrogens (tertiary/aromatic N) is 1. The lowest BCUT2D eigenvalue weighted by atomic mass is 9.96. The molecule has 0 atom stereocenters. The first-order valence-electron chi connectivity index (χ1n) is 8.47. The molecule has 140 valence electrons. The Morgan fingerprint density at radius 3 is 2.58 bits per heavy atom. The van der Waals surface area contributed by atoms with Gasteiger partial charge in [0.25, 0.3) is 5.91 Å². The normalized spacial score (nSPS) is 15.6. The molecule has 0 bridgehead atoms. The summed E-state index contributed by atoms with van der Waals surface area (Å²) in [5, 5.41) is 2.51. The van der Waals surface area contributed by atoms with Gasteiger partial charge in [-0.2, -0.15) is 0 Å². The number of aryl methyl sites for hydroxylation is 1. The van der Waals surface area contributed by atoms with Crippen LogP contribution in [0.25, 0.3) is 6.08 Å². The standard InChI is InChI=1S/C19H24N2O5/c1-6-26-16-7-12(4)13(8-14(16)11(2)3)9-15-18(23)21(19(24)20-15)10-17(22)25-5/h7-9,11H,6,10H2,1-5H3,(H,20,24)/b15-9+. The number of nitrogens with one attached hydrogen (secondary N) is 1. The van der Waals surface area contributed by atoms with Crippen LogP contribution in [0.4, 0.5) is 4.79 Å². The summed E-state index contributed by atoms with van der Waals surface area (Å²) < 4.78 is 10.2. The van der Waals surface area contributed by atoms with Crippen molar-refractivity contribution in [3.8, 4) is 5.75 Å². The van der Waals surface area contributed by atoms with Crippen molar-refractivity contribution in [2.75, 3.05) is 20.3 Å². The summed E-state index contributed by atoms with van der Waals surface area (Å²) in [7, 11) is 1.20. The predicted molar refractivity (Wildman–Crippen MR) is 96.7 cm³/mol. The van der Waals surface area contributed by atoms with Crippen molar-refractivity contribution in [3.05, 3.63) is 34.5 Å². The second kappa shape index (κ2) is 8.03. The van der Waals surface area contributed by atoms with Crippen LogP contribution in [0.2, 0.25) is 0 Å². The van der Waals surface area contributed by atoms with Gasteiger partial charge in [-0.15, -0.1) is 0 Å². The molecule has 1 aromatic carbocycles. The molecule has 0 radical (unpaired) electrons. The lowest BCUT2D eigenvalue weighted by Gasteiger charge is -2.16. The molecule has 1 aliphatic rings. The summed E-state index contributed by atoms with van der Waals surface area (Å²) in [5.41, 5.74) is 2.87. The quantitative estimate of drug-likeness (QED) is 0.479. The smallest absolute Gasteiger partial charge is 0.329 e. The monoisotopic (exact) mass is 360 g/mol. The molecule has 0 saturated carbocycles. The third-order valence-corrected chi connectivity index (χ3v) is 4.10. The molecule has 7 heteroatoms. The lowest BCUT2D eigenvalue weighted by Crippen LogP contribution is -2.36. The maximum absolute atomic E-state index is 12.4. The van der Waals surface area contributed by atoms with Crippen LogP contribution in [-0.4, -0.2) is 43.1 Å². The zero-order valence-corrected chi connectivity index (χ0v) is 15.7. The van der Waals surface area contributed by atoms with Gasteiger partial charge in [-0.25, -0.2) is 9.69 Å². The van der Waals surface area contributed by atoms with Crippen LogP contribution in [0.1, 0.15) is 43.4 Å². The van der Waals surface area contributed by atoms with Gasteiger partial charge in [-0.05, 0) is 54.7 Å². The first kappa shape index (κ1) is 19.5. The van der Waals surface area contributed by atoms with Crippen molar-refractivity contribution in [1.82, 2.24) is 10.2 Å². The number of benzene rings is 1. The Morgan fingerprint density at radius 1 is 1.31 bits per heavy atom. The molecular formula is C19H24N2O5. The predicted octanol–water partition coefficient (Wildman–Crippen LogP) is 2.58. The fourth-order valence-corrected chi connectivity index (χ4v) is 2.67. The number of esters is 1. The Hall–Kier alpha value is -2.83. The molecule has 3 amide bonds. The first-order valence-corrected chi connectivity index (χ1v) is 8.47. The highest BCUT2D eigenvalue weighted by atomic mass is 16.5. The van der Waals surface area contributed by atoms with Crippen LogP contribution in [-0.2, 0) is 14.3 Å². The van der Waals surface area contributed by atoms with Crippen molar-refractivity contribution in [3.63, 3.8) is 0 Å². The maximum Gasteiger partial charge on any atom is 0.329 e. The lowest BCUT2D eigenvalue weighted by molar-refractivity contribution is -0.143. The minimum atomic E-state index is -0.658. The topological polar surface area (TPSA) is 84.9 Å². The van der Waals surface area contributed by atoms with Gasteiger partial charge < -0.3 is 14.8 Å². The summed E-state index contributed by atoms with van der Waals surface area (Å²) in [4.78, 5) is 36.6. The van der Waals surface area contributed by atoms with Gasteiger partial charge in [0.05, 0.1) is 13.7 Å².